The van der Waals surface area contributed by atoms with Gasteiger partial charge in [-0.1, -0.05) is 164 Å². The Morgan fingerprint density at radius 1 is 0.463 bits per heavy atom. The third-order valence-corrected chi connectivity index (χ3v) is 12.5. The van der Waals surface area contributed by atoms with Crippen LogP contribution in [-0.4, -0.2) is 0 Å². The molecular formula is C52H45NO. The van der Waals surface area contributed by atoms with Crippen molar-refractivity contribution in [1.29, 1.82) is 0 Å². The van der Waals surface area contributed by atoms with Gasteiger partial charge in [0.15, 0.2) is 5.58 Å². The molecule has 0 aliphatic heterocycles. The first kappa shape index (κ1) is 32.8. The van der Waals surface area contributed by atoms with E-state index >= 15 is 0 Å². The lowest BCUT2D eigenvalue weighted by Crippen LogP contribution is -2.17. The first-order chi connectivity index (χ1) is 25.9. The average Bonchev–Trinajstić information content (AvgIpc) is 3.75. The van der Waals surface area contributed by atoms with Crippen molar-refractivity contribution in [3.63, 3.8) is 0 Å². The Kier molecular flexibility index (Phi) is 6.87. The number of rotatable bonds is 4. The van der Waals surface area contributed by atoms with Crippen LogP contribution in [0.25, 0.3) is 55.3 Å². The summed E-state index contributed by atoms with van der Waals surface area (Å²) in [5.41, 5.74) is 19.4. The maximum Gasteiger partial charge on any atom is 0.159 e. The molecule has 7 aromatic carbocycles. The van der Waals surface area contributed by atoms with E-state index in [-0.39, 0.29) is 16.2 Å². The van der Waals surface area contributed by atoms with Crippen LogP contribution in [0.5, 0.6) is 0 Å². The minimum absolute atomic E-state index is 0.0685. The molecule has 0 saturated carbocycles. The van der Waals surface area contributed by atoms with Crippen molar-refractivity contribution >= 4 is 39.0 Å². The summed E-state index contributed by atoms with van der Waals surface area (Å²) in [5.74, 6) is 0. The van der Waals surface area contributed by atoms with E-state index in [9.17, 15) is 0 Å². The molecule has 1 heterocycles. The molecular weight excluding hydrogens is 655 g/mol. The predicted molar refractivity (Wildman–Crippen MR) is 228 cm³/mol. The predicted octanol–water partition coefficient (Wildman–Crippen LogP) is 14.6. The molecule has 10 rings (SSSR count). The van der Waals surface area contributed by atoms with Crippen molar-refractivity contribution in [1.82, 2.24) is 0 Å². The number of para-hydroxylation sites is 3. The van der Waals surface area contributed by atoms with E-state index in [4.69, 9.17) is 4.42 Å². The van der Waals surface area contributed by atoms with Crippen LogP contribution in [0.2, 0.25) is 0 Å². The first-order valence-corrected chi connectivity index (χ1v) is 19.3. The Bertz CT molecular complexity index is 2820. The summed E-state index contributed by atoms with van der Waals surface area (Å²) in [6.07, 6.45) is 0. The molecule has 0 atom stereocenters. The molecule has 2 aliphatic rings. The van der Waals surface area contributed by atoms with Crippen molar-refractivity contribution in [2.45, 2.75) is 64.7 Å². The van der Waals surface area contributed by atoms with Crippen LogP contribution >= 0.6 is 0 Å². The molecule has 0 spiro atoms. The maximum absolute atomic E-state index is 6.78. The van der Waals surface area contributed by atoms with Gasteiger partial charge in [-0.25, -0.2) is 0 Å². The monoisotopic (exact) mass is 699 g/mol. The highest BCUT2D eigenvalue weighted by Gasteiger charge is 2.39. The standard InChI is InChI=1S/C52H45NO/c1-50(2,3)32-26-28-39-44(30-32)52(6,7)43-22-14-19-37(48(39)43)35-17-9-12-23-45(35)53(46-24-15-20-38-36-18-10-13-25-47(36)54-49(38)46)33-27-29-42-40(31-33)34-16-8-11-21-41(34)51(42,4)5/h8-31H,1-7H3. The summed E-state index contributed by atoms with van der Waals surface area (Å²) < 4.78 is 6.78. The van der Waals surface area contributed by atoms with Crippen LogP contribution in [0.1, 0.15) is 76.3 Å². The van der Waals surface area contributed by atoms with Gasteiger partial charge in [-0.15, -0.1) is 0 Å². The van der Waals surface area contributed by atoms with Crippen molar-refractivity contribution in [2.24, 2.45) is 0 Å². The summed E-state index contributed by atoms with van der Waals surface area (Å²) in [5, 5.41) is 2.24. The summed E-state index contributed by atoms with van der Waals surface area (Å²) in [6, 6.07) is 54.0. The second-order valence-corrected chi connectivity index (χ2v) is 17.4. The highest BCUT2D eigenvalue weighted by molar-refractivity contribution is 6.11. The zero-order valence-electron chi connectivity index (χ0n) is 32.2. The Morgan fingerprint density at radius 2 is 1.09 bits per heavy atom. The molecule has 54 heavy (non-hydrogen) atoms. The summed E-state index contributed by atoms with van der Waals surface area (Å²) in [6.45, 7) is 16.4. The number of fused-ring (bicyclic) bond motifs is 9. The number of anilines is 3. The summed E-state index contributed by atoms with van der Waals surface area (Å²) in [7, 11) is 0. The van der Waals surface area contributed by atoms with E-state index < -0.39 is 0 Å². The van der Waals surface area contributed by atoms with Gasteiger partial charge in [0.2, 0.25) is 0 Å². The molecule has 8 aromatic rings. The zero-order chi connectivity index (χ0) is 37.1. The van der Waals surface area contributed by atoms with Crippen LogP contribution in [0.3, 0.4) is 0 Å². The molecule has 2 aliphatic carbocycles. The summed E-state index contributed by atoms with van der Waals surface area (Å²) in [4.78, 5) is 2.44. The number of hydrogen-bond acceptors (Lipinski definition) is 2. The Morgan fingerprint density at radius 3 is 1.93 bits per heavy atom. The van der Waals surface area contributed by atoms with E-state index in [0.29, 0.717) is 0 Å². The van der Waals surface area contributed by atoms with Gasteiger partial charge in [-0.2, -0.15) is 0 Å². The quantitative estimate of drug-likeness (QED) is 0.182. The first-order valence-electron chi connectivity index (χ1n) is 19.3. The third kappa shape index (κ3) is 4.59. The minimum Gasteiger partial charge on any atom is -0.454 e. The Labute approximate surface area is 318 Å². The lowest BCUT2D eigenvalue weighted by atomic mass is 9.79. The summed E-state index contributed by atoms with van der Waals surface area (Å²) >= 11 is 0. The second kappa shape index (κ2) is 11.3. The highest BCUT2D eigenvalue weighted by Crippen LogP contribution is 2.56. The fourth-order valence-corrected chi connectivity index (χ4v) is 9.54. The zero-order valence-corrected chi connectivity index (χ0v) is 32.2. The molecule has 0 radical (unpaired) electrons. The largest absolute Gasteiger partial charge is 0.454 e. The minimum atomic E-state index is -0.128. The normalized spacial score (nSPS) is 14.9. The van der Waals surface area contributed by atoms with Gasteiger partial charge in [0, 0.05) is 32.9 Å². The second-order valence-electron chi connectivity index (χ2n) is 17.4. The molecule has 2 nitrogen and oxygen atoms in total. The number of nitrogens with zero attached hydrogens (tertiary/aromatic N) is 1. The van der Waals surface area contributed by atoms with Crippen LogP contribution in [0.4, 0.5) is 17.1 Å². The molecule has 0 bridgehead atoms. The van der Waals surface area contributed by atoms with Gasteiger partial charge in [-0.05, 0) is 91.4 Å². The van der Waals surface area contributed by atoms with E-state index in [2.05, 4.69) is 199 Å². The highest BCUT2D eigenvalue weighted by atomic mass is 16.3. The van der Waals surface area contributed by atoms with Crippen LogP contribution in [0, 0.1) is 0 Å². The van der Waals surface area contributed by atoms with Crippen LogP contribution in [0.15, 0.2) is 150 Å². The van der Waals surface area contributed by atoms with E-state index in [1.165, 1.54) is 61.2 Å². The lowest BCUT2D eigenvalue weighted by Gasteiger charge is -2.29. The van der Waals surface area contributed by atoms with Gasteiger partial charge >= 0.3 is 0 Å². The smallest absolute Gasteiger partial charge is 0.159 e. The molecule has 0 unspecified atom stereocenters. The van der Waals surface area contributed by atoms with Crippen LogP contribution < -0.4 is 4.90 Å². The topological polar surface area (TPSA) is 16.4 Å². The number of furan rings is 1. The molecule has 264 valence electrons. The molecule has 0 fully saturated rings. The van der Waals surface area contributed by atoms with Crippen molar-refractivity contribution in [3.05, 3.63) is 173 Å². The van der Waals surface area contributed by atoms with Gasteiger partial charge < -0.3 is 9.32 Å². The van der Waals surface area contributed by atoms with Gasteiger partial charge in [-0.3, -0.25) is 0 Å². The van der Waals surface area contributed by atoms with Crippen LogP contribution in [-0.2, 0) is 16.2 Å². The molecule has 0 amide bonds. The Hall–Kier alpha value is -5.86. The molecule has 0 N–H and O–H groups in total. The van der Waals surface area contributed by atoms with Gasteiger partial charge in [0.05, 0.1) is 11.4 Å². The third-order valence-electron chi connectivity index (χ3n) is 12.5. The van der Waals surface area contributed by atoms with Gasteiger partial charge in [0.1, 0.15) is 5.58 Å². The van der Waals surface area contributed by atoms with Crippen molar-refractivity contribution in [3.8, 4) is 33.4 Å². The SMILES string of the molecule is CC(C)(C)c1ccc2c(c1)C(C)(C)c1cccc(-c3ccccc3N(c3ccc4c(c3)-c3ccccc3C4(C)C)c3cccc4c3oc3ccccc34)c1-2. The lowest BCUT2D eigenvalue weighted by molar-refractivity contribution is 0.584. The van der Waals surface area contributed by atoms with E-state index in [0.717, 1.165) is 39.0 Å². The fraction of sp³-hybridized carbons (Fsp3) is 0.192. The fourth-order valence-electron chi connectivity index (χ4n) is 9.54. The van der Waals surface area contributed by atoms with Crippen molar-refractivity contribution < 1.29 is 4.42 Å². The van der Waals surface area contributed by atoms with Gasteiger partial charge in [0.25, 0.3) is 0 Å². The average molecular weight is 700 g/mol. The van der Waals surface area contributed by atoms with E-state index in [1.54, 1.807) is 0 Å². The molecule has 2 heteroatoms. The number of hydrogen-bond donors (Lipinski definition) is 0. The van der Waals surface area contributed by atoms with Crippen molar-refractivity contribution in [2.75, 3.05) is 4.90 Å². The Balaban J connectivity index is 1.25. The molecule has 0 saturated heterocycles. The maximum atomic E-state index is 6.78. The van der Waals surface area contributed by atoms with E-state index in [1.807, 2.05) is 0 Å². The number of benzene rings is 7. The molecule has 1 aromatic heterocycles.